The Labute approximate surface area is 107 Å². The molecule has 0 aliphatic rings. The molecule has 106 valence electrons. The number of nitrogens with one attached hydrogen (secondary N) is 1. The number of aliphatic carboxylic acids is 1. The molecule has 2 N–H and O–H groups in total. The van der Waals surface area contributed by atoms with Gasteiger partial charge in [0.15, 0.2) is 0 Å². The Morgan fingerprint density at radius 3 is 2.28 bits per heavy atom. The molecule has 0 radical (unpaired) electrons. The minimum absolute atomic E-state index is 0.0269. The average molecular weight is 280 g/mol. The normalized spacial score (nSPS) is 13.3. The summed E-state index contributed by atoms with van der Waals surface area (Å²) in [6.45, 7) is 1.68. The summed E-state index contributed by atoms with van der Waals surface area (Å²) in [4.78, 5) is 21.8. The van der Waals surface area contributed by atoms with E-state index in [9.17, 15) is 18.0 Å². The van der Waals surface area contributed by atoms with E-state index in [1.54, 1.807) is 6.92 Å². The van der Waals surface area contributed by atoms with Crippen LogP contribution in [0.1, 0.15) is 19.8 Å². The Morgan fingerprint density at radius 2 is 1.83 bits per heavy atom. The summed E-state index contributed by atoms with van der Waals surface area (Å²) in [6, 6.07) is 0. The van der Waals surface area contributed by atoms with E-state index < -0.39 is 16.0 Å². The van der Waals surface area contributed by atoms with Gasteiger partial charge in [0.25, 0.3) is 0 Å². The van der Waals surface area contributed by atoms with Gasteiger partial charge in [0, 0.05) is 33.5 Å². The lowest BCUT2D eigenvalue weighted by molar-refractivity contribution is -0.138. The van der Waals surface area contributed by atoms with Gasteiger partial charge in [0.1, 0.15) is 0 Å². The fraction of sp³-hybridized carbons (Fsp3) is 0.800. The van der Waals surface area contributed by atoms with Gasteiger partial charge in [-0.1, -0.05) is 6.92 Å². The third kappa shape index (κ3) is 7.23. The molecule has 0 rings (SSSR count). The molecule has 0 saturated heterocycles. The molecule has 1 amide bonds. The highest BCUT2D eigenvalue weighted by atomic mass is 32.2. The van der Waals surface area contributed by atoms with Crippen molar-refractivity contribution >= 4 is 21.9 Å². The first-order chi connectivity index (χ1) is 8.15. The molecule has 1 atom stereocenters. The predicted molar refractivity (Wildman–Crippen MR) is 66.5 cm³/mol. The molecule has 0 aromatic carbocycles. The molecule has 0 aromatic heterocycles. The van der Waals surface area contributed by atoms with Crippen LogP contribution >= 0.6 is 0 Å². The van der Waals surface area contributed by atoms with Crippen LogP contribution in [-0.2, 0) is 19.6 Å². The van der Waals surface area contributed by atoms with Gasteiger partial charge >= 0.3 is 5.97 Å². The molecule has 1 unspecified atom stereocenters. The maximum absolute atomic E-state index is 11.4. The maximum Gasteiger partial charge on any atom is 0.303 e. The van der Waals surface area contributed by atoms with Crippen LogP contribution < -0.4 is 5.32 Å². The van der Waals surface area contributed by atoms with Crippen molar-refractivity contribution in [1.82, 2.24) is 9.62 Å². The Bertz CT molecular complexity index is 391. The van der Waals surface area contributed by atoms with Gasteiger partial charge in [0.05, 0.1) is 5.75 Å². The van der Waals surface area contributed by atoms with Crippen molar-refractivity contribution in [2.24, 2.45) is 5.92 Å². The molecule has 0 fully saturated rings. The number of hydrogen-bond acceptors (Lipinski definition) is 4. The van der Waals surface area contributed by atoms with E-state index in [0.717, 1.165) is 4.31 Å². The first-order valence-electron chi connectivity index (χ1n) is 5.54. The van der Waals surface area contributed by atoms with Crippen LogP contribution in [0.4, 0.5) is 0 Å². The van der Waals surface area contributed by atoms with Gasteiger partial charge < -0.3 is 10.4 Å². The van der Waals surface area contributed by atoms with E-state index in [0.29, 0.717) is 0 Å². The lowest BCUT2D eigenvalue weighted by Crippen LogP contribution is -2.34. The van der Waals surface area contributed by atoms with E-state index >= 15 is 0 Å². The number of carboxylic acids is 1. The summed E-state index contributed by atoms with van der Waals surface area (Å²) < 4.78 is 23.8. The number of carbonyl (C=O) groups excluding carboxylic acids is 1. The lowest BCUT2D eigenvalue weighted by Gasteiger charge is -2.12. The second-order valence-corrected chi connectivity index (χ2v) is 6.66. The van der Waals surface area contributed by atoms with E-state index in [1.165, 1.54) is 14.1 Å². The molecular formula is C10H20N2O5S. The highest BCUT2D eigenvalue weighted by molar-refractivity contribution is 7.89. The number of rotatable bonds is 8. The van der Waals surface area contributed by atoms with Crippen molar-refractivity contribution < 1.29 is 23.1 Å². The molecule has 0 aromatic rings. The van der Waals surface area contributed by atoms with Crippen LogP contribution in [0.3, 0.4) is 0 Å². The van der Waals surface area contributed by atoms with Crippen LogP contribution in [-0.4, -0.2) is 56.1 Å². The van der Waals surface area contributed by atoms with Crippen molar-refractivity contribution in [2.75, 3.05) is 26.4 Å². The van der Waals surface area contributed by atoms with Crippen molar-refractivity contribution in [2.45, 2.75) is 19.8 Å². The molecule has 0 saturated carbocycles. The minimum atomic E-state index is -3.32. The second-order valence-electron chi connectivity index (χ2n) is 4.36. The van der Waals surface area contributed by atoms with Crippen LogP contribution in [0, 0.1) is 5.92 Å². The summed E-state index contributed by atoms with van der Waals surface area (Å²) in [5.74, 6) is -1.73. The molecule has 8 heteroatoms. The minimum Gasteiger partial charge on any atom is -0.481 e. The number of sulfonamides is 1. The van der Waals surface area contributed by atoms with Crippen molar-refractivity contribution in [3.8, 4) is 0 Å². The number of nitrogens with zero attached hydrogens (tertiary/aromatic N) is 1. The Morgan fingerprint density at radius 1 is 1.28 bits per heavy atom. The smallest absolute Gasteiger partial charge is 0.303 e. The summed E-state index contributed by atoms with van der Waals surface area (Å²) in [5, 5.41) is 11.0. The highest BCUT2D eigenvalue weighted by Crippen LogP contribution is 2.06. The monoisotopic (exact) mass is 280 g/mol. The first kappa shape index (κ1) is 16.9. The van der Waals surface area contributed by atoms with E-state index in [1.807, 2.05) is 0 Å². The Kier molecular flexibility index (Phi) is 6.85. The molecule has 18 heavy (non-hydrogen) atoms. The largest absolute Gasteiger partial charge is 0.481 e. The molecule has 0 spiro atoms. The second kappa shape index (κ2) is 7.32. The van der Waals surface area contributed by atoms with Crippen molar-refractivity contribution in [3.05, 3.63) is 0 Å². The molecule has 0 heterocycles. The lowest BCUT2D eigenvalue weighted by atomic mass is 10.0. The quantitative estimate of drug-likeness (QED) is 0.623. The van der Waals surface area contributed by atoms with Crippen LogP contribution in [0.25, 0.3) is 0 Å². The van der Waals surface area contributed by atoms with E-state index in [4.69, 9.17) is 5.11 Å². The third-order valence-corrected chi connectivity index (χ3v) is 4.13. The molecule has 0 bridgehead atoms. The summed E-state index contributed by atoms with van der Waals surface area (Å²) in [5.41, 5.74) is 0. The topological polar surface area (TPSA) is 104 Å². The van der Waals surface area contributed by atoms with Crippen molar-refractivity contribution in [3.63, 3.8) is 0 Å². The fourth-order valence-corrected chi connectivity index (χ4v) is 1.99. The fourth-order valence-electron chi connectivity index (χ4n) is 1.26. The van der Waals surface area contributed by atoms with Gasteiger partial charge in [-0.05, 0) is 5.92 Å². The van der Waals surface area contributed by atoms with Crippen LogP contribution in [0.2, 0.25) is 0 Å². The zero-order valence-electron chi connectivity index (χ0n) is 10.8. The standard InChI is InChI=1S/C10H20N2O5S/c1-8(7-10(14)15)6-9(13)11-4-5-18(16,17)12(2)3/h8H,4-7H2,1-3H3,(H,11,13)(H,14,15). The van der Waals surface area contributed by atoms with Gasteiger partial charge in [-0.25, -0.2) is 12.7 Å². The van der Waals surface area contributed by atoms with Gasteiger partial charge in [-0.2, -0.15) is 0 Å². The number of amides is 1. The molecule has 0 aliphatic heterocycles. The molecule has 0 aliphatic carbocycles. The van der Waals surface area contributed by atoms with Gasteiger partial charge in [-0.15, -0.1) is 0 Å². The summed E-state index contributed by atoms with van der Waals surface area (Å²) in [7, 11) is -0.471. The van der Waals surface area contributed by atoms with Crippen molar-refractivity contribution in [1.29, 1.82) is 0 Å². The van der Waals surface area contributed by atoms with Crippen LogP contribution in [0.15, 0.2) is 0 Å². The zero-order chi connectivity index (χ0) is 14.3. The predicted octanol–water partition coefficient (Wildman–Crippen LogP) is -0.505. The SMILES string of the molecule is CC(CC(=O)O)CC(=O)NCCS(=O)(=O)N(C)C. The van der Waals surface area contributed by atoms with Gasteiger partial charge in [-0.3, -0.25) is 9.59 Å². The Balaban J connectivity index is 3.95. The average Bonchev–Trinajstić information content (AvgIpc) is 2.14. The third-order valence-electron chi connectivity index (χ3n) is 2.30. The molecule has 7 nitrogen and oxygen atoms in total. The number of hydrogen-bond donors (Lipinski definition) is 2. The van der Waals surface area contributed by atoms with Crippen LogP contribution in [0.5, 0.6) is 0 Å². The van der Waals surface area contributed by atoms with E-state index in [2.05, 4.69) is 5.32 Å². The summed E-state index contributed by atoms with van der Waals surface area (Å²) in [6.07, 6.45) is -0.00225. The first-order valence-corrected chi connectivity index (χ1v) is 7.14. The maximum atomic E-state index is 11.4. The Hall–Kier alpha value is -1.15. The zero-order valence-corrected chi connectivity index (χ0v) is 11.7. The number of carbonyl (C=O) groups is 2. The highest BCUT2D eigenvalue weighted by Gasteiger charge is 2.15. The number of carboxylic acid groups (broad SMARTS) is 1. The van der Waals surface area contributed by atoms with Gasteiger partial charge in [0.2, 0.25) is 15.9 Å². The summed E-state index contributed by atoms with van der Waals surface area (Å²) >= 11 is 0. The molecular weight excluding hydrogens is 260 g/mol. The van der Waals surface area contributed by atoms with E-state index in [-0.39, 0.29) is 37.0 Å².